The van der Waals surface area contributed by atoms with Crippen LogP contribution in [0.25, 0.3) is 0 Å². The summed E-state index contributed by atoms with van der Waals surface area (Å²) in [5, 5.41) is 3.34. The lowest BCUT2D eigenvalue weighted by Gasteiger charge is -2.08. The van der Waals surface area contributed by atoms with Crippen LogP contribution in [-0.2, 0) is 4.74 Å². The number of carbonyl (C=O) groups is 2. The summed E-state index contributed by atoms with van der Waals surface area (Å²) in [5.74, 6) is -0.801. The third kappa shape index (κ3) is 2.99. The van der Waals surface area contributed by atoms with Crippen molar-refractivity contribution in [1.29, 1.82) is 0 Å². The highest BCUT2D eigenvalue weighted by atomic mass is 35.5. The van der Waals surface area contributed by atoms with Gasteiger partial charge in [-0.3, -0.25) is 4.79 Å². The number of amides is 1. The first-order valence-corrected chi connectivity index (χ1v) is 7.08. The number of ether oxygens (including phenoxy) is 1. The Morgan fingerprint density at radius 2 is 1.91 bits per heavy atom. The molecule has 2 N–H and O–H groups in total. The molecule has 1 aromatic heterocycles. The molecule has 0 fully saturated rings. The van der Waals surface area contributed by atoms with Crippen molar-refractivity contribution in [2.24, 2.45) is 0 Å². The molecule has 0 aliphatic carbocycles. The largest absolute Gasteiger partial charge is 0.465 e. The topological polar surface area (TPSA) is 71.2 Å². The molecule has 116 valence electrons. The van der Waals surface area contributed by atoms with Gasteiger partial charge in [-0.05, 0) is 44.0 Å². The number of nitrogens with one attached hydrogen (secondary N) is 2. The Balaban J connectivity index is 2.35. The summed E-state index contributed by atoms with van der Waals surface area (Å²) in [4.78, 5) is 27.1. The second kappa shape index (κ2) is 6.23. The Labute approximate surface area is 133 Å². The number of halogens is 1. The van der Waals surface area contributed by atoms with Crippen molar-refractivity contribution in [2.75, 3.05) is 12.4 Å². The Morgan fingerprint density at radius 3 is 2.55 bits per heavy atom. The van der Waals surface area contributed by atoms with Crippen LogP contribution in [0.1, 0.15) is 37.7 Å². The summed E-state index contributed by atoms with van der Waals surface area (Å²) in [7, 11) is 1.31. The Bertz CT molecular complexity index is 750. The lowest BCUT2D eigenvalue weighted by Crippen LogP contribution is -2.15. The average Bonchev–Trinajstić information content (AvgIpc) is 2.77. The molecule has 6 heteroatoms. The fourth-order valence-electron chi connectivity index (χ4n) is 2.30. The van der Waals surface area contributed by atoms with Crippen LogP contribution in [0.15, 0.2) is 18.2 Å². The van der Waals surface area contributed by atoms with E-state index in [0.717, 1.165) is 5.56 Å². The molecule has 0 spiro atoms. The number of rotatable bonds is 3. The number of hydrogen-bond acceptors (Lipinski definition) is 3. The summed E-state index contributed by atoms with van der Waals surface area (Å²) in [6, 6.07) is 5.26. The molecule has 0 radical (unpaired) electrons. The van der Waals surface area contributed by atoms with Crippen molar-refractivity contribution in [3.8, 4) is 0 Å². The molecule has 0 aliphatic rings. The normalized spacial score (nSPS) is 10.4. The number of anilines is 1. The first kappa shape index (κ1) is 16.1. The molecular weight excluding hydrogens is 304 g/mol. The zero-order valence-corrected chi connectivity index (χ0v) is 13.6. The second-order valence-electron chi connectivity index (χ2n) is 5.03. The predicted octanol–water partition coefficient (Wildman–Crippen LogP) is 3.63. The van der Waals surface area contributed by atoms with Crippen LogP contribution in [0.3, 0.4) is 0 Å². The van der Waals surface area contributed by atoms with Crippen molar-refractivity contribution in [1.82, 2.24) is 4.98 Å². The molecule has 0 aliphatic heterocycles. The lowest BCUT2D eigenvalue weighted by atomic mass is 10.1. The van der Waals surface area contributed by atoms with Crippen LogP contribution >= 0.6 is 11.6 Å². The summed E-state index contributed by atoms with van der Waals surface area (Å²) in [6.07, 6.45) is 0. The molecule has 0 saturated heterocycles. The van der Waals surface area contributed by atoms with E-state index in [1.54, 1.807) is 26.0 Å². The number of carbonyl (C=O) groups excluding carboxylic acids is 2. The number of aryl methyl sites for hydroxylation is 2. The average molecular weight is 321 g/mol. The number of H-pyrrole nitrogens is 1. The molecule has 0 unspecified atom stereocenters. The molecule has 1 amide bonds. The van der Waals surface area contributed by atoms with E-state index in [1.165, 1.54) is 7.11 Å². The van der Waals surface area contributed by atoms with Crippen LogP contribution in [0.5, 0.6) is 0 Å². The van der Waals surface area contributed by atoms with Crippen LogP contribution < -0.4 is 5.32 Å². The highest BCUT2D eigenvalue weighted by Gasteiger charge is 2.22. The van der Waals surface area contributed by atoms with E-state index in [-0.39, 0.29) is 5.91 Å². The minimum Gasteiger partial charge on any atom is -0.465 e. The van der Waals surface area contributed by atoms with Crippen LogP contribution in [0, 0.1) is 20.8 Å². The molecule has 1 heterocycles. The molecule has 0 saturated carbocycles. The zero-order valence-electron chi connectivity index (χ0n) is 12.8. The minimum absolute atomic E-state index is 0.331. The van der Waals surface area contributed by atoms with Gasteiger partial charge in [0, 0.05) is 16.4 Å². The van der Waals surface area contributed by atoms with Crippen LogP contribution in [0.4, 0.5) is 5.69 Å². The lowest BCUT2D eigenvalue weighted by molar-refractivity contribution is 0.0599. The number of hydrogen-bond donors (Lipinski definition) is 2. The van der Waals surface area contributed by atoms with Gasteiger partial charge in [0.1, 0.15) is 5.69 Å². The molecule has 2 aromatic rings. The number of benzene rings is 1. The first-order valence-electron chi connectivity index (χ1n) is 6.70. The van der Waals surface area contributed by atoms with E-state index in [2.05, 4.69) is 10.3 Å². The monoisotopic (exact) mass is 320 g/mol. The van der Waals surface area contributed by atoms with Crippen LogP contribution in [0.2, 0.25) is 5.02 Å². The molecule has 5 nitrogen and oxygen atoms in total. The summed E-state index contributed by atoms with van der Waals surface area (Å²) >= 11 is 5.95. The summed E-state index contributed by atoms with van der Waals surface area (Å²) in [6.45, 7) is 5.30. The second-order valence-corrected chi connectivity index (χ2v) is 5.47. The van der Waals surface area contributed by atoms with Gasteiger partial charge in [0.2, 0.25) is 0 Å². The van der Waals surface area contributed by atoms with Crippen molar-refractivity contribution in [3.05, 3.63) is 51.3 Å². The van der Waals surface area contributed by atoms with Gasteiger partial charge in [0.25, 0.3) is 5.91 Å². The maximum absolute atomic E-state index is 12.4. The Hall–Kier alpha value is -2.27. The first-order chi connectivity index (χ1) is 10.3. The van der Waals surface area contributed by atoms with Crippen molar-refractivity contribution >= 4 is 29.2 Å². The van der Waals surface area contributed by atoms with E-state index < -0.39 is 5.97 Å². The standard InChI is InChI=1S/C16H17ClN2O3/c1-8-5-6-11(17)7-12(8)19-15(20)14-9(2)13(10(3)18-14)16(21)22-4/h5-7,18H,1-4H3,(H,19,20). The molecule has 0 bridgehead atoms. The van der Waals surface area contributed by atoms with Gasteiger partial charge in [-0.1, -0.05) is 17.7 Å². The number of esters is 1. The van der Waals surface area contributed by atoms with Gasteiger partial charge in [-0.2, -0.15) is 0 Å². The molecule has 2 rings (SSSR count). The molecular formula is C16H17ClN2O3. The van der Waals surface area contributed by atoms with Gasteiger partial charge in [0.15, 0.2) is 0 Å². The SMILES string of the molecule is COC(=O)c1c(C)[nH]c(C(=O)Nc2cc(Cl)ccc2C)c1C. The highest BCUT2D eigenvalue weighted by Crippen LogP contribution is 2.23. The van der Waals surface area contributed by atoms with Crippen molar-refractivity contribution in [3.63, 3.8) is 0 Å². The van der Waals surface area contributed by atoms with E-state index in [1.807, 2.05) is 13.0 Å². The van der Waals surface area contributed by atoms with Gasteiger partial charge >= 0.3 is 5.97 Å². The van der Waals surface area contributed by atoms with Gasteiger partial charge < -0.3 is 15.0 Å². The minimum atomic E-state index is -0.468. The smallest absolute Gasteiger partial charge is 0.339 e. The van der Waals surface area contributed by atoms with E-state index in [9.17, 15) is 9.59 Å². The molecule has 22 heavy (non-hydrogen) atoms. The quantitative estimate of drug-likeness (QED) is 0.848. The third-order valence-electron chi connectivity index (χ3n) is 3.50. The summed E-state index contributed by atoms with van der Waals surface area (Å²) < 4.78 is 4.74. The van der Waals surface area contributed by atoms with Gasteiger partial charge in [-0.25, -0.2) is 4.79 Å². The number of methoxy groups -OCH3 is 1. The van der Waals surface area contributed by atoms with Crippen LogP contribution in [-0.4, -0.2) is 24.0 Å². The molecule has 0 atom stereocenters. The van der Waals surface area contributed by atoms with E-state index in [0.29, 0.717) is 33.2 Å². The third-order valence-corrected chi connectivity index (χ3v) is 3.74. The fraction of sp³-hybridized carbons (Fsp3) is 0.250. The fourth-order valence-corrected chi connectivity index (χ4v) is 2.47. The Kier molecular flexibility index (Phi) is 4.56. The van der Waals surface area contributed by atoms with E-state index >= 15 is 0 Å². The van der Waals surface area contributed by atoms with Gasteiger partial charge in [-0.15, -0.1) is 0 Å². The predicted molar refractivity (Wildman–Crippen MR) is 85.7 cm³/mol. The maximum Gasteiger partial charge on any atom is 0.339 e. The van der Waals surface area contributed by atoms with Crippen molar-refractivity contribution in [2.45, 2.75) is 20.8 Å². The summed E-state index contributed by atoms with van der Waals surface area (Å²) in [5.41, 5.74) is 3.39. The number of aromatic amines is 1. The zero-order chi connectivity index (χ0) is 16.4. The molecule has 1 aromatic carbocycles. The maximum atomic E-state index is 12.4. The number of aromatic nitrogens is 1. The highest BCUT2D eigenvalue weighted by molar-refractivity contribution is 6.31. The van der Waals surface area contributed by atoms with Gasteiger partial charge in [0.05, 0.1) is 12.7 Å². The Morgan fingerprint density at radius 1 is 1.23 bits per heavy atom. The van der Waals surface area contributed by atoms with Crippen molar-refractivity contribution < 1.29 is 14.3 Å². The van der Waals surface area contributed by atoms with E-state index in [4.69, 9.17) is 16.3 Å².